The molecular weight excluding hydrogens is 439 g/mol. The summed E-state index contributed by atoms with van der Waals surface area (Å²) >= 11 is 12.1. The molecule has 1 unspecified atom stereocenters. The minimum Gasteiger partial charge on any atom is -0.491 e. The Bertz CT molecular complexity index is 878. The number of carbonyl (C=O) groups is 1. The number of halogens is 2. The van der Waals surface area contributed by atoms with Gasteiger partial charge < -0.3 is 19.8 Å². The van der Waals surface area contributed by atoms with Gasteiger partial charge in [-0.1, -0.05) is 41.4 Å². The molecule has 2 aromatic rings. The second-order valence-electron chi connectivity index (χ2n) is 7.79. The molecule has 1 aliphatic rings. The molecule has 1 fully saturated rings. The fraction of sp³-hybridized carbons (Fsp3) is 0.435. The lowest BCUT2D eigenvalue weighted by atomic mass is 10.0. The lowest BCUT2D eigenvalue weighted by Gasteiger charge is -2.32. The highest BCUT2D eigenvalue weighted by molar-refractivity contribution is 6.42. The first-order chi connectivity index (χ1) is 14.9. The van der Waals surface area contributed by atoms with Gasteiger partial charge in [0.2, 0.25) is 5.91 Å². The van der Waals surface area contributed by atoms with Gasteiger partial charge in [-0.25, -0.2) is 0 Å². The van der Waals surface area contributed by atoms with Crippen LogP contribution < -0.4 is 4.74 Å². The number of likely N-dealkylation sites (tertiary alicyclic amines) is 1. The predicted molar refractivity (Wildman–Crippen MR) is 122 cm³/mol. The minimum atomic E-state index is -0.327. The molecule has 6 nitrogen and oxygen atoms in total. The van der Waals surface area contributed by atoms with E-state index in [2.05, 4.69) is 4.90 Å². The van der Waals surface area contributed by atoms with Gasteiger partial charge in [0.15, 0.2) is 0 Å². The van der Waals surface area contributed by atoms with Crippen LogP contribution in [0.3, 0.4) is 0 Å². The summed E-state index contributed by atoms with van der Waals surface area (Å²) in [6, 6.07) is 12.6. The number of β-amino-alcohol motifs (C(OH)–C–C–N with tert-alkyl or cyclic N) is 1. The number of rotatable bonds is 9. The van der Waals surface area contributed by atoms with Gasteiger partial charge in [0.1, 0.15) is 12.4 Å². The fourth-order valence-corrected chi connectivity index (χ4v) is 4.07. The van der Waals surface area contributed by atoms with Gasteiger partial charge in [-0.05, 0) is 41.8 Å². The number of carbonyl (C=O) groups excluding carboxylic acids is 1. The van der Waals surface area contributed by atoms with Crippen molar-refractivity contribution in [2.75, 3.05) is 39.9 Å². The van der Waals surface area contributed by atoms with E-state index in [1.807, 2.05) is 24.3 Å². The molecule has 0 aliphatic carbocycles. The van der Waals surface area contributed by atoms with E-state index in [4.69, 9.17) is 33.0 Å². The second-order valence-corrected chi connectivity index (χ2v) is 8.60. The van der Waals surface area contributed by atoms with Gasteiger partial charge in [0.25, 0.3) is 0 Å². The van der Waals surface area contributed by atoms with E-state index in [1.165, 1.54) is 0 Å². The Morgan fingerprint density at radius 2 is 1.97 bits per heavy atom. The zero-order valence-electron chi connectivity index (χ0n) is 17.5. The molecule has 168 valence electrons. The van der Waals surface area contributed by atoms with Crippen molar-refractivity contribution in [3.63, 3.8) is 0 Å². The van der Waals surface area contributed by atoms with E-state index in [1.54, 1.807) is 30.1 Å². The summed E-state index contributed by atoms with van der Waals surface area (Å²) in [7, 11) is 1.80. The number of benzene rings is 2. The van der Waals surface area contributed by atoms with Crippen LogP contribution in [-0.4, -0.2) is 71.9 Å². The molecule has 31 heavy (non-hydrogen) atoms. The van der Waals surface area contributed by atoms with Crippen molar-refractivity contribution in [2.45, 2.75) is 25.0 Å². The smallest absolute Gasteiger partial charge is 0.227 e. The Hall–Kier alpha value is -1.83. The molecule has 0 bridgehead atoms. The number of amides is 1. The molecule has 8 heteroatoms. The Balaban J connectivity index is 1.77. The van der Waals surface area contributed by atoms with Crippen LogP contribution in [-0.2, 0) is 11.2 Å². The normalized spacial score (nSPS) is 17.5. The molecule has 1 amide bonds. The van der Waals surface area contributed by atoms with Gasteiger partial charge in [-0.2, -0.15) is 0 Å². The predicted octanol–water partition coefficient (Wildman–Crippen LogP) is 3.17. The molecule has 0 radical (unpaired) electrons. The third kappa shape index (κ3) is 6.57. The number of aliphatic hydroxyl groups is 2. The van der Waals surface area contributed by atoms with Crippen LogP contribution in [0.25, 0.3) is 0 Å². The number of ether oxygens (including phenoxy) is 1. The van der Waals surface area contributed by atoms with Gasteiger partial charge in [-0.15, -0.1) is 0 Å². The Morgan fingerprint density at radius 1 is 1.23 bits per heavy atom. The van der Waals surface area contributed by atoms with Crippen LogP contribution >= 0.6 is 23.2 Å². The quantitative estimate of drug-likeness (QED) is 0.593. The Kier molecular flexibility index (Phi) is 8.58. The SMILES string of the molecule is CN(C(=O)Cc1ccc(Cl)c(Cl)c1)[C@H](CN1CCC(O)C1)c1ccc(OCCO)cc1. The highest BCUT2D eigenvalue weighted by atomic mass is 35.5. The van der Waals surface area contributed by atoms with Gasteiger partial charge >= 0.3 is 0 Å². The molecule has 1 aliphatic heterocycles. The van der Waals surface area contributed by atoms with Crippen molar-refractivity contribution in [2.24, 2.45) is 0 Å². The van der Waals surface area contributed by atoms with E-state index in [-0.39, 0.29) is 37.7 Å². The molecular formula is C23H28Cl2N2O4. The monoisotopic (exact) mass is 466 g/mol. The van der Waals surface area contributed by atoms with Crippen LogP contribution in [0.1, 0.15) is 23.6 Å². The summed E-state index contributed by atoms with van der Waals surface area (Å²) < 4.78 is 5.45. The molecule has 3 rings (SSSR count). The molecule has 1 saturated heterocycles. The third-order valence-corrected chi connectivity index (χ3v) is 6.24. The maximum atomic E-state index is 13.1. The largest absolute Gasteiger partial charge is 0.491 e. The first kappa shape index (κ1) is 23.8. The third-order valence-electron chi connectivity index (χ3n) is 5.50. The number of hydrogen-bond donors (Lipinski definition) is 2. The maximum absolute atomic E-state index is 13.1. The van der Waals surface area contributed by atoms with Crippen molar-refractivity contribution >= 4 is 29.1 Å². The molecule has 2 atom stereocenters. The van der Waals surface area contributed by atoms with Crippen molar-refractivity contribution < 1.29 is 19.7 Å². The Labute approximate surface area is 192 Å². The topological polar surface area (TPSA) is 73.2 Å². The summed E-state index contributed by atoms with van der Waals surface area (Å²) in [6.45, 7) is 2.20. The average molecular weight is 467 g/mol. The van der Waals surface area contributed by atoms with Crippen LogP contribution in [0.5, 0.6) is 5.75 Å². The molecule has 0 aromatic heterocycles. The van der Waals surface area contributed by atoms with E-state index >= 15 is 0 Å². The van der Waals surface area contributed by atoms with Crippen molar-refractivity contribution in [3.8, 4) is 5.75 Å². The average Bonchev–Trinajstić information content (AvgIpc) is 3.18. The first-order valence-corrected chi connectivity index (χ1v) is 11.1. The van der Waals surface area contributed by atoms with E-state index < -0.39 is 0 Å². The van der Waals surface area contributed by atoms with Gasteiger partial charge in [0.05, 0.1) is 35.2 Å². The lowest BCUT2D eigenvalue weighted by molar-refractivity contribution is -0.131. The summed E-state index contributed by atoms with van der Waals surface area (Å²) in [5.41, 5.74) is 1.78. The maximum Gasteiger partial charge on any atom is 0.227 e. The summed E-state index contributed by atoms with van der Waals surface area (Å²) in [5.74, 6) is 0.627. The standard InChI is InChI=1S/C23H28Cl2N2O4/c1-26(23(30)13-16-2-7-20(24)21(25)12-16)22(15-27-9-8-18(29)14-27)17-3-5-19(6-4-17)31-11-10-28/h2-7,12,18,22,28-29H,8-11,13-15H2,1H3/t18?,22-/m1/s1. The molecule has 1 heterocycles. The minimum absolute atomic E-state index is 0.0382. The van der Waals surface area contributed by atoms with Crippen LogP contribution in [0, 0.1) is 0 Å². The second kappa shape index (κ2) is 11.2. The highest BCUT2D eigenvalue weighted by Crippen LogP contribution is 2.27. The van der Waals surface area contributed by atoms with E-state index in [0.717, 1.165) is 24.1 Å². The lowest BCUT2D eigenvalue weighted by Crippen LogP contribution is -2.39. The van der Waals surface area contributed by atoms with Gasteiger partial charge in [0, 0.05) is 26.7 Å². The fourth-order valence-electron chi connectivity index (χ4n) is 3.75. The van der Waals surface area contributed by atoms with Crippen molar-refractivity contribution in [1.29, 1.82) is 0 Å². The summed E-state index contributed by atoms with van der Waals surface area (Å²) in [6.07, 6.45) is 0.623. The number of hydrogen-bond acceptors (Lipinski definition) is 5. The van der Waals surface area contributed by atoms with Crippen LogP contribution in [0.4, 0.5) is 0 Å². The van der Waals surface area contributed by atoms with E-state index in [0.29, 0.717) is 28.9 Å². The van der Waals surface area contributed by atoms with Crippen molar-refractivity contribution in [3.05, 3.63) is 63.6 Å². The number of aliphatic hydroxyl groups excluding tert-OH is 2. The Morgan fingerprint density at radius 3 is 2.58 bits per heavy atom. The zero-order chi connectivity index (χ0) is 22.4. The summed E-state index contributed by atoms with van der Waals surface area (Å²) in [5, 5.41) is 19.7. The van der Waals surface area contributed by atoms with Crippen molar-refractivity contribution in [1.82, 2.24) is 9.80 Å². The van der Waals surface area contributed by atoms with Gasteiger partial charge in [-0.3, -0.25) is 9.69 Å². The van der Waals surface area contributed by atoms with Crippen LogP contribution in [0.2, 0.25) is 10.0 Å². The molecule has 2 aromatic carbocycles. The summed E-state index contributed by atoms with van der Waals surface area (Å²) in [4.78, 5) is 17.0. The first-order valence-electron chi connectivity index (χ1n) is 10.3. The highest BCUT2D eigenvalue weighted by Gasteiger charge is 2.28. The molecule has 2 N–H and O–H groups in total. The molecule has 0 saturated carbocycles. The van der Waals surface area contributed by atoms with E-state index in [9.17, 15) is 9.90 Å². The number of nitrogens with zero attached hydrogens (tertiary/aromatic N) is 2. The molecule has 0 spiro atoms. The zero-order valence-corrected chi connectivity index (χ0v) is 19.0. The van der Waals surface area contributed by atoms with Crippen LogP contribution in [0.15, 0.2) is 42.5 Å². The number of likely N-dealkylation sites (N-methyl/N-ethyl adjacent to an activating group) is 1.